The van der Waals surface area contributed by atoms with Crippen LogP contribution in [0.5, 0.6) is 5.75 Å². The molecule has 18 heavy (non-hydrogen) atoms. The Kier molecular flexibility index (Phi) is 3.22. The van der Waals surface area contributed by atoms with Gasteiger partial charge in [0.05, 0.1) is 12.7 Å². The highest BCUT2D eigenvalue weighted by Crippen LogP contribution is 2.38. The van der Waals surface area contributed by atoms with Gasteiger partial charge in [0.25, 0.3) is 0 Å². The average molecular weight is 252 g/mol. The van der Waals surface area contributed by atoms with E-state index in [1.807, 2.05) is 0 Å². The van der Waals surface area contributed by atoms with Crippen molar-refractivity contribution in [3.8, 4) is 5.75 Å². The number of hydrogen-bond acceptors (Lipinski definition) is 3. The van der Waals surface area contributed by atoms with E-state index in [4.69, 9.17) is 9.47 Å². The summed E-state index contributed by atoms with van der Waals surface area (Å²) >= 11 is 0. The largest absolute Gasteiger partial charge is 0.490 e. The predicted octanol–water partition coefficient (Wildman–Crippen LogP) is 2.44. The Balaban J connectivity index is 1.80. The summed E-state index contributed by atoms with van der Waals surface area (Å²) in [6.45, 7) is 1.50. The number of fused-ring (bicyclic) bond motifs is 1. The van der Waals surface area contributed by atoms with Crippen LogP contribution >= 0.6 is 0 Å². The van der Waals surface area contributed by atoms with Crippen LogP contribution in [0.4, 0.5) is 4.39 Å². The number of hydrogen-bond donors (Lipinski definition) is 1. The predicted molar refractivity (Wildman–Crippen MR) is 63.9 cm³/mol. The molecule has 0 amide bonds. The fourth-order valence-corrected chi connectivity index (χ4v) is 2.79. The molecule has 0 aromatic heterocycles. The van der Waals surface area contributed by atoms with Crippen molar-refractivity contribution in [3.05, 3.63) is 29.6 Å². The minimum atomic E-state index is -0.642. The molecule has 0 spiro atoms. The number of aliphatic hydroxyl groups is 1. The van der Waals surface area contributed by atoms with E-state index in [1.54, 1.807) is 6.07 Å². The molecule has 1 fully saturated rings. The van der Waals surface area contributed by atoms with E-state index in [-0.39, 0.29) is 11.9 Å². The van der Waals surface area contributed by atoms with Crippen LogP contribution < -0.4 is 4.74 Å². The van der Waals surface area contributed by atoms with Crippen molar-refractivity contribution in [2.24, 2.45) is 5.92 Å². The van der Waals surface area contributed by atoms with E-state index in [2.05, 4.69) is 0 Å². The smallest absolute Gasteiger partial charge is 0.125 e. The van der Waals surface area contributed by atoms with Crippen LogP contribution in [0.25, 0.3) is 0 Å². The van der Waals surface area contributed by atoms with E-state index < -0.39 is 6.10 Å². The van der Waals surface area contributed by atoms with Gasteiger partial charge in [-0.25, -0.2) is 4.39 Å². The number of benzene rings is 1. The van der Waals surface area contributed by atoms with Crippen molar-refractivity contribution in [1.82, 2.24) is 0 Å². The Morgan fingerprint density at radius 3 is 3.00 bits per heavy atom. The molecule has 2 aliphatic rings. The van der Waals surface area contributed by atoms with Gasteiger partial charge in [0.1, 0.15) is 17.7 Å². The van der Waals surface area contributed by atoms with Crippen LogP contribution in [-0.4, -0.2) is 24.4 Å². The first-order valence-electron chi connectivity index (χ1n) is 6.46. The maximum absolute atomic E-state index is 13.1. The molecule has 1 saturated heterocycles. The van der Waals surface area contributed by atoms with E-state index in [1.165, 1.54) is 12.1 Å². The summed E-state index contributed by atoms with van der Waals surface area (Å²) < 4.78 is 24.5. The van der Waals surface area contributed by atoms with Crippen LogP contribution in [0.1, 0.15) is 30.9 Å². The fourth-order valence-electron chi connectivity index (χ4n) is 2.79. The maximum atomic E-state index is 13.1. The lowest BCUT2D eigenvalue weighted by molar-refractivity contribution is -0.0287. The molecule has 1 aromatic rings. The number of rotatable bonds is 1. The third kappa shape index (κ3) is 2.22. The van der Waals surface area contributed by atoms with Crippen molar-refractivity contribution in [2.75, 3.05) is 13.2 Å². The van der Waals surface area contributed by atoms with Gasteiger partial charge in [-0.3, -0.25) is 0 Å². The van der Waals surface area contributed by atoms with Crippen molar-refractivity contribution in [2.45, 2.75) is 31.5 Å². The van der Waals surface area contributed by atoms with Gasteiger partial charge >= 0.3 is 0 Å². The first-order valence-corrected chi connectivity index (χ1v) is 6.46. The van der Waals surface area contributed by atoms with Crippen molar-refractivity contribution in [1.29, 1.82) is 0 Å². The summed E-state index contributed by atoms with van der Waals surface area (Å²) in [5, 5.41) is 10.1. The van der Waals surface area contributed by atoms with Gasteiger partial charge in [0.2, 0.25) is 0 Å². The summed E-state index contributed by atoms with van der Waals surface area (Å²) in [6.07, 6.45) is 1.95. The molecule has 1 aromatic carbocycles. The molecule has 3 nitrogen and oxygen atoms in total. The Hall–Kier alpha value is -1.13. The third-order valence-corrected chi connectivity index (χ3v) is 3.79. The molecule has 98 valence electrons. The molecule has 0 aliphatic carbocycles. The molecule has 3 atom stereocenters. The Morgan fingerprint density at radius 1 is 1.33 bits per heavy atom. The second kappa shape index (κ2) is 4.86. The monoisotopic (exact) mass is 252 g/mol. The molecule has 3 rings (SSSR count). The van der Waals surface area contributed by atoms with E-state index in [9.17, 15) is 9.50 Å². The van der Waals surface area contributed by atoms with Crippen molar-refractivity contribution >= 4 is 0 Å². The van der Waals surface area contributed by atoms with Gasteiger partial charge in [-0.1, -0.05) is 0 Å². The lowest BCUT2D eigenvalue weighted by Gasteiger charge is -2.36. The molecular weight excluding hydrogens is 235 g/mol. The number of aliphatic hydroxyl groups excluding tert-OH is 1. The minimum Gasteiger partial charge on any atom is -0.490 e. The standard InChI is InChI=1S/C14H17FO3/c15-10-3-4-13-11(6-10)12(16)7-14(18-13)9-2-1-5-17-8-9/h3-4,6,9,12,14,16H,1-2,5,7-8H2/t9?,12-,14?/m0/s1. The van der Waals surface area contributed by atoms with Crippen LogP contribution in [0.3, 0.4) is 0 Å². The van der Waals surface area contributed by atoms with Gasteiger partial charge in [-0.2, -0.15) is 0 Å². The second-order valence-corrected chi connectivity index (χ2v) is 5.07. The van der Waals surface area contributed by atoms with Gasteiger partial charge < -0.3 is 14.6 Å². The maximum Gasteiger partial charge on any atom is 0.125 e. The van der Waals surface area contributed by atoms with Gasteiger partial charge in [-0.05, 0) is 31.0 Å². The Labute approximate surface area is 106 Å². The first-order chi connectivity index (χ1) is 8.74. The lowest BCUT2D eigenvalue weighted by atomic mass is 9.88. The summed E-state index contributed by atoms with van der Waals surface area (Å²) in [4.78, 5) is 0. The van der Waals surface area contributed by atoms with E-state index in [0.29, 0.717) is 30.3 Å². The highest BCUT2D eigenvalue weighted by molar-refractivity contribution is 5.37. The summed E-state index contributed by atoms with van der Waals surface area (Å²) in [5.74, 6) is 0.591. The van der Waals surface area contributed by atoms with Crippen LogP contribution in [0, 0.1) is 11.7 Å². The molecule has 0 radical (unpaired) electrons. The minimum absolute atomic E-state index is 0.0294. The fraction of sp³-hybridized carbons (Fsp3) is 0.571. The zero-order valence-electron chi connectivity index (χ0n) is 10.1. The molecule has 2 aliphatic heterocycles. The van der Waals surface area contributed by atoms with E-state index >= 15 is 0 Å². The molecule has 1 N–H and O–H groups in total. The van der Waals surface area contributed by atoms with Crippen LogP contribution in [0.15, 0.2) is 18.2 Å². The number of ether oxygens (including phenoxy) is 2. The Morgan fingerprint density at radius 2 is 2.22 bits per heavy atom. The number of halogens is 1. The van der Waals surface area contributed by atoms with Crippen molar-refractivity contribution in [3.63, 3.8) is 0 Å². The molecule has 4 heteroatoms. The normalized spacial score (nSPS) is 31.6. The second-order valence-electron chi connectivity index (χ2n) is 5.07. The molecule has 2 heterocycles. The SMILES string of the molecule is O[C@H]1CC(C2CCCOC2)Oc2ccc(F)cc21. The summed E-state index contributed by atoms with van der Waals surface area (Å²) in [7, 11) is 0. The first kappa shape index (κ1) is 11.9. The molecular formula is C14H17FO3. The summed E-state index contributed by atoms with van der Waals surface area (Å²) in [6, 6.07) is 4.32. The molecule has 0 bridgehead atoms. The van der Waals surface area contributed by atoms with Crippen LogP contribution in [-0.2, 0) is 4.74 Å². The van der Waals surface area contributed by atoms with Crippen molar-refractivity contribution < 1.29 is 19.0 Å². The topological polar surface area (TPSA) is 38.7 Å². The third-order valence-electron chi connectivity index (χ3n) is 3.79. The lowest BCUT2D eigenvalue weighted by Crippen LogP contribution is -2.37. The van der Waals surface area contributed by atoms with Gasteiger partial charge in [0.15, 0.2) is 0 Å². The highest BCUT2D eigenvalue weighted by atomic mass is 19.1. The van der Waals surface area contributed by atoms with E-state index in [0.717, 1.165) is 19.4 Å². The van der Waals surface area contributed by atoms with Gasteiger partial charge in [0, 0.05) is 24.5 Å². The molecule has 0 saturated carbocycles. The van der Waals surface area contributed by atoms with Gasteiger partial charge in [-0.15, -0.1) is 0 Å². The Bertz CT molecular complexity index is 429. The zero-order valence-corrected chi connectivity index (χ0v) is 10.1. The van der Waals surface area contributed by atoms with Crippen LogP contribution in [0.2, 0.25) is 0 Å². The quantitative estimate of drug-likeness (QED) is 0.834. The molecule has 2 unspecified atom stereocenters. The average Bonchev–Trinajstić information content (AvgIpc) is 2.40. The summed E-state index contributed by atoms with van der Waals surface area (Å²) in [5.41, 5.74) is 0.558. The highest BCUT2D eigenvalue weighted by Gasteiger charge is 2.33. The zero-order chi connectivity index (χ0) is 12.5.